The fourth-order valence-corrected chi connectivity index (χ4v) is 1.34. The molecule has 4 heteroatoms. The van der Waals surface area contributed by atoms with E-state index in [0.717, 1.165) is 12.8 Å². The first-order valence-corrected chi connectivity index (χ1v) is 5.91. The molecule has 1 amide bonds. The molecule has 0 aliphatic carbocycles. The van der Waals surface area contributed by atoms with Crippen LogP contribution < -0.4 is 11.1 Å². The molecule has 1 aromatic rings. The Labute approximate surface area is 102 Å². The minimum absolute atomic E-state index is 0.147. The Bertz CT molecular complexity index is 366. The predicted molar refractivity (Wildman–Crippen MR) is 69.8 cm³/mol. The molecular formula is C13H20N2O2. The number of amides is 1. The van der Waals surface area contributed by atoms with E-state index >= 15 is 0 Å². The lowest BCUT2D eigenvalue weighted by atomic mass is 10.2. The van der Waals surface area contributed by atoms with Crippen LogP contribution in [0.3, 0.4) is 0 Å². The van der Waals surface area contributed by atoms with Crippen molar-refractivity contribution in [3.05, 3.63) is 24.3 Å². The first kappa shape index (κ1) is 13.5. The van der Waals surface area contributed by atoms with Gasteiger partial charge in [-0.25, -0.2) is 0 Å². The van der Waals surface area contributed by atoms with Gasteiger partial charge in [-0.1, -0.05) is 19.4 Å². The summed E-state index contributed by atoms with van der Waals surface area (Å²) >= 11 is 0. The molecule has 0 fully saturated rings. The van der Waals surface area contributed by atoms with Crippen molar-refractivity contribution in [1.82, 2.24) is 0 Å². The molecule has 1 unspecified atom stereocenters. The molecule has 0 radical (unpaired) electrons. The summed E-state index contributed by atoms with van der Waals surface area (Å²) in [6.07, 6.45) is 1.59. The van der Waals surface area contributed by atoms with Crippen LogP contribution in [-0.2, 0) is 9.53 Å². The Morgan fingerprint density at radius 2 is 2.29 bits per heavy atom. The van der Waals surface area contributed by atoms with E-state index in [4.69, 9.17) is 10.5 Å². The number of carbonyl (C=O) groups is 1. The number of rotatable bonds is 6. The molecule has 1 atom stereocenters. The Hall–Kier alpha value is -1.55. The summed E-state index contributed by atoms with van der Waals surface area (Å²) < 4.78 is 5.40. The van der Waals surface area contributed by atoms with Gasteiger partial charge in [0.2, 0.25) is 0 Å². The third-order valence-electron chi connectivity index (χ3n) is 2.39. The van der Waals surface area contributed by atoms with E-state index < -0.39 is 6.10 Å². The molecule has 4 nitrogen and oxygen atoms in total. The van der Waals surface area contributed by atoms with Crippen molar-refractivity contribution in [2.75, 3.05) is 17.7 Å². The molecule has 1 rings (SSSR count). The highest BCUT2D eigenvalue weighted by Crippen LogP contribution is 2.12. The summed E-state index contributed by atoms with van der Waals surface area (Å²) in [6.45, 7) is 4.44. The van der Waals surface area contributed by atoms with Crippen molar-refractivity contribution in [2.24, 2.45) is 0 Å². The number of nitrogens with two attached hydrogens (primary N) is 1. The van der Waals surface area contributed by atoms with Crippen LogP contribution in [0.1, 0.15) is 26.7 Å². The van der Waals surface area contributed by atoms with Crippen molar-refractivity contribution < 1.29 is 9.53 Å². The smallest absolute Gasteiger partial charge is 0.253 e. The van der Waals surface area contributed by atoms with Crippen LogP contribution in [0.15, 0.2) is 24.3 Å². The van der Waals surface area contributed by atoms with Gasteiger partial charge < -0.3 is 15.8 Å². The summed E-state index contributed by atoms with van der Waals surface area (Å²) in [5.74, 6) is -0.147. The highest BCUT2D eigenvalue weighted by molar-refractivity contribution is 5.94. The van der Waals surface area contributed by atoms with Crippen molar-refractivity contribution in [3.8, 4) is 0 Å². The maximum Gasteiger partial charge on any atom is 0.253 e. The lowest BCUT2D eigenvalue weighted by Gasteiger charge is -2.13. The van der Waals surface area contributed by atoms with Crippen molar-refractivity contribution in [2.45, 2.75) is 32.8 Å². The second kappa shape index (κ2) is 6.91. The number of nitrogen functional groups attached to an aromatic ring is 1. The number of ether oxygens (including phenoxy) is 1. The van der Waals surface area contributed by atoms with Crippen LogP contribution in [0.2, 0.25) is 0 Å². The van der Waals surface area contributed by atoms with E-state index in [-0.39, 0.29) is 5.91 Å². The van der Waals surface area contributed by atoms with E-state index in [9.17, 15) is 4.79 Å². The van der Waals surface area contributed by atoms with Crippen LogP contribution in [0, 0.1) is 0 Å². The van der Waals surface area contributed by atoms with Crippen molar-refractivity contribution in [3.63, 3.8) is 0 Å². The molecule has 0 spiro atoms. The molecule has 3 N–H and O–H groups in total. The van der Waals surface area contributed by atoms with Crippen LogP contribution in [-0.4, -0.2) is 18.6 Å². The number of benzene rings is 1. The topological polar surface area (TPSA) is 64.3 Å². The summed E-state index contributed by atoms with van der Waals surface area (Å²) in [5, 5.41) is 2.77. The zero-order valence-electron chi connectivity index (χ0n) is 10.4. The minimum atomic E-state index is -0.442. The van der Waals surface area contributed by atoms with E-state index in [1.807, 2.05) is 0 Å². The van der Waals surface area contributed by atoms with Crippen molar-refractivity contribution >= 4 is 17.3 Å². The maximum atomic E-state index is 11.7. The average molecular weight is 236 g/mol. The van der Waals surface area contributed by atoms with Gasteiger partial charge in [0.05, 0.1) is 0 Å². The van der Waals surface area contributed by atoms with Gasteiger partial charge in [-0.2, -0.15) is 0 Å². The Balaban J connectivity index is 2.43. The Morgan fingerprint density at radius 3 is 2.94 bits per heavy atom. The molecular weight excluding hydrogens is 216 g/mol. The first-order valence-electron chi connectivity index (χ1n) is 5.91. The third kappa shape index (κ3) is 4.87. The quantitative estimate of drug-likeness (QED) is 0.589. The van der Waals surface area contributed by atoms with Gasteiger partial charge in [0.15, 0.2) is 0 Å². The Kier molecular flexibility index (Phi) is 5.49. The van der Waals surface area contributed by atoms with Gasteiger partial charge in [-0.15, -0.1) is 0 Å². The van der Waals surface area contributed by atoms with Gasteiger partial charge in [0.25, 0.3) is 5.91 Å². The van der Waals surface area contributed by atoms with Crippen molar-refractivity contribution in [1.29, 1.82) is 0 Å². The zero-order valence-corrected chi connectivity index (χ0v) is 10.4. The minimum Gasteiger partial charge on any atom is -0.399 e. The standard InChI is InChI=1S/C13H20N2O2/c1-3-4-8-17-10(2)13(16)15-12-7-5-6-11(14)9-12/h5-7,9-10H,3-4,8,14H2,1-2H3,(H,15,16). The van der Waals surface area contributed by atoms with E-state index in [1.54, 1.807) is 31.2 Å². The number of nitrogens with one attached hydrogen (secondary N) is 1. The molecule has 0 bridgehead atoms. The summed E-state index contributed by atoms with van der Waals surface area (Å²) in [4.78, 5) is 11.7. The molecule has 0 saturated carbocycles. The molecule has 0 heterocycles. The monoisotopic (exact) mass is 236 g/mol. The number of carbonyl (C=O) groups excluding carboxylic acids is 1. The molecule has 0 aliphatic rings. The van der Waals surface area contributed by atoms with Crippen LogP contribution >= 0.6 is 0 Å². The highest BCUT2D eigenvalue weighted by Gasteiger charge is 2.12. The fourth-order valence-electron chi connectivity index (χ4n) is 1.34. The summed E-state index contributed by atoms with van der Waals surface area (Å²) in [7, 11) is 0. The fraction of sp³-hybridized carbons (Fsp3) is 0.462. The third-order valence-corrected chi connectivity index (χ3v) is 2.39. The summed E-state index contributed by atoms with van der Waals surface area (Å²) in [6, 6.07) is 7.09. The molecule has 0 saturated heterocycles. The average Bonchev–Trinajstić information content (AvgIpc) is 2.29. The number of hydrogen-bond acceptors (Lipinski definition) is 3. The van der Waals surface area contributed by atoms with Crippen LogP contribution in [0.25, 0.3) is 0 Å². The number of anilines is 2. The molecule has 1 aromatic carbocycles. The number of hydrogen-bond donors (Lipinski definition) is 2. The van der Waals surface area contributed by atoms with E-state index in [0.29, 0.717) is 18.0 Å². The molecule has 17 heavy (non-hydrogen) atoms. The normalized spacial score (nSPS) is 12.1. The van der Waals surface area contributed by atoms with Gasteiger partial charge in [0.1, 0.15) is 6.10 Å². The molecule has 0 aromatic heterocycles. The summed E-state index contributed by atoms with van der Waals surface area (Å²) in [5.41, 5.74) is 6.95. The van der Waals surface area contributed by atoms with Gasteiger partial charge in [-0.05, 0) is 31.5 Å². The van der Waals surface area contributed by atoms with Gasteiger partial charge in [-0.3, -0.25) is 4.79 Å². The Morgan fingerprint density at radius 1 is 1.53 bits per heavy atom. The van der Waals surface area contributed by atoms with E-state index in [1.165, 1.54) is 0 Å². The van der Waals surface area contributed by atoms with Crippen LogP contribution in [0.5, 0.6) is 0 Å². The molecule has 94 valence electrons. The lowest BCUT2D eigenvalue weighted by molar-refractivity contribution is -0.126. The second-order valence-electron chi connectivity index (χ2n) is 3.98. The lowest BCUT2D eigenvalue weighted by Crippen LogP contribution is -2.28. The number of unbranched alkanes of at least 4 members (excludes halogenated alkanes) is 1. The predicted octanol–water partition coefficient (Wildman–Crippen LogP) is 2.41. The van der Waals surface area contributed by atoms with E-state index in [2.05, 4.69) is 12.2 Å². The largest absolute Gasteiger partial charge is 0.399 e. The first-order chi connectivity index (χ1) is 8.13. The van der Waals surface area contributed by atoms with Crippen LogP contribution in [0.4, 0.5) is 11.4 Å². The SMILES string of the molecule is CCCCOC(C)C(=O)Nc1cccc(N)c1. The maximum absolute atomic E-state index is 11.7. The van der Waals surface area contributed by atoms with Gasteiger partial charge in [0, 0.05) is 18.0 Å². The molecule has 0 aliphatic heterocycles. The zero-order chi connectivity index (χ0) is 12.7. The highest BCUT2D eigenvalue weighted by atomic mass is 16.5. The second-order valence-corrected chi connectivity index (χ2v) is 3.98. The van der Waals surface area contributed by atoms with Gasteiger partial charge >= 0.3 is 0 Å².